The first-order valence-corrected chi connectivity index (χ1v) is 7.84. The molecule has 2 aromatic rings. The maximum Gasteiger partial charge on any atom is 0.0187 e. The number of benzene rings is 2. The van der Waals surface area contributed by atoms with Crippen molar-refractivity contribution in [1.82, 2.24) is 0 Å². The van der Waals surface area contributed by atoms with Crippen LogP contribution in [0.25, 0.3) is 16.7 Å². The molecular weight excluding hydrogens is 308 g/mol. The second kappa shape index (κ2) is 4.89. The van der Waals surface area contributed by atoms with Crippen molar-refractivity contribution in [2.24, 2.45) is 0 Å². The molecule has 3 rings (SSSR count). The summed E-state index contributed by atoms with van der Waals surface area (Å²) >= 11 is 3.68. The number of fused-ring (bicyclic) bond motifs is 1. The van der Waals surface area contributed by atoms with Crippen molar-refractivity contribution in [2.75, 3.05) is 0 Å². The summed E-state index contributed by atoms with van der Waals surface area (Å²) < 4.78 is 1.17. The fraction of sp³-hybridized carbons (Fsp3) is 0.263. The fourth-order valence-corrected chi connectivity index (χ4v) is 3.86. The van der Waals surface area contributed by atoms with Gasteiger partial charge >= 0.3 is 0 Å². The van der Waals surface area contributed by atoms with E-state index in [1.165, 1.54) is 49.0 Å². The monoisotopic (exact) mass is 326 g/mol. The van der Waals surface area contributed by atoms with E-state index >= 15 is 0 Å². The predicted octanol–water partition coefficient (Wildman–Crippen LogP) is 6.00. The summed E-state index contributed by atoms with van der Waals surface area (Å²) in [5.41, 5.74) is 11.1. The molecule has 0 saturated heterocycles. The first-order valence-electron chi connectivity index (χ1n) is 7.05. The minimum absolute atomic E-state index is 1.05. The molecule has 0 bridgehead atoms. The summed E-state index contributed by atoms with van der Waals surface area (Å²) in [6.45, 7) is 8.81. The van der Waals surface area contributed by atoms with E-state index in [-0.39, 0.29) is 0 Å². The summed E-state index contributed by atoms with van der Waals surface area (Å²) in [5, 5.41) is 0. The van der Waals surface area contributed by atoms with Crippen molar-refractivity contribution in [3.8, 4) is 11.1 Å². The van der Waals surface area contributed by atoms with Crippen LogP contribution >= 0.6 is 15.9 Å². The summed E-state index contributed by atoms with van der Waals surface area (Å²) in [4.78, 5) is 0. The molecule has 102 valence electrons. The van der Waals surface area contributed by atoms with Gasteiger partial charge in [0.25, 0.3) is 0 Å². The van der Waals surface area contributed by atoms with E-state index in [0.29, 0.717) is 0 Å². The molecule has 0 fully saturated rings. The van der Waals surface area contributed by atoms with Gasteiger partial charge in [-0.25, -0.2) is 0 Å². The van der Waals surface area contributed by atoms with Crippen molar-refractivity contribution in [1.29, 1.82) is 0 Å². The Balaban J connectivity index is 2.30. The van der Waals surface area contributed by atoms with E-state index in [1.54, 1.807) is 0 Å². The summed E-state index contributed by atoms with van der Waals surface area (Å²) in [6, 6.07) is 9.09. The molecule has 0 N–H and O–H groups in total. The lowest BCUT2D eigenvalue weighted by molar-refractivity contribution is 1.27. The molecule has 0 atom stereocenters. The zero-order valence-electron chi connectivity index (χ0n) is 12.5. The maximum atomic E-state index is 3.68. The quantitative estimate of drug-likeness (QED) is 0.602. The normalized spacial score (nSPS) is 13.3. The van der Waals surface area contributed by atoms with Crippen LogP contribution < -0.4 is 0 Å². The lowest BCUT2D eigenvalue weighted by Gasteiger charge is -2.16. The second-order valence-electron chi connectivity index (χ2n) is 5.84. The van der Waals surface area contributed by atoms with Crippen LogP contribution in [0.4, 0.5) is 0 Å². The van der Waals surface area contributed by atoms with Gasteiger partial charge in [0.1, 0.15) is 0 Å². The first kappa shape index (κ1) is 13.6. The minimum atomic E-state index is 1.05. The molecule has 0 amide bonds. The molecule has 0 spiro atoms. The van der Waals surface area contributed by atoms with Gasteiger partial charge in [-0.1, -0.05) is 39.7 Å². The predicted molar refractivity (Wildman–Crippen MR) is 91.1 cm³/mol. The van der Waals surface area contributed by atoms with Crippen LogP contribution in [0, 0.1) is 20.8 Å². The molecule has 1 aliphatic rings. The van der Waals surface area contributed by atoms with Gasteiger partial charge < -0.3 is 0 Å². The second-order valence-corrected chi connectivity index (χ2v) is 6.76. The van der Waals surface area contributed by atoms with Crippen molar-refractivity contribution in [3.63, 3.8) is 0 Å². The SMILES string of the molecule is CC1=CCc2c1cc(Br)cc2-c1c(C)cc(C)cc1C. The summed E-state index contributed by atoms with van der Waals surface area (Å²) in [6.07, 6.45) is 3.38. The average molecular weight is 327 g/mol. The van der Waals surface area contributed by atoms with Crippen LogP contribution in [0.15, 0.2) is 34.8 Å². The van der Waals surface area contributed by atoms with E-state index in [2.05, 4.69) is 74.0 Å². The van der Waals surface area contributed by atoms with Crippen molar-refractivity contribution >= 4 is 21.5 Å². The largest absolute Gasteiger partial charge is 0.0765 e. The topological polar surface area (TPSA) is 0 Å². The molecule has 0 aromatic heterocycles. The molecule has 1 heteroatoms. The highest BCUT2D eigenvalue weighted by Gasteiger charge is 2.19. The van der Waals surface area contributed by atoms with E-state index < -0.39 is 0 Å². The number of hydrogen-bond acceptors (Lipinski definition) is 0. The summed E-state index contributed by atoms with van der Waals surface area (Å²) in [5.74, 6) is 0. The Bertz CT molecular complexity index is 713. The van der Waals surface area contributed by atoms with Crippen LogP contribution in [0.3, 0.4) is 0 Å². The number of hydrogen-bond donors (Lipinski definition) is 0. The van der Waals surface area contributed by atoms with Crippen LogP contribution in [0.5, 0.6) is 0 Å². The molecule has 0 nitrogen and oxygen atoms in total. The molecule has 20 heavy (non-hydrogen) atoms. The highest BCUT2D eigenvalue weighted by atomic mass is 79.9. The molecule has 0 aliphatic heterocycles. The van der Waals surface area contributed by atoms with Crippen LogP contribution in [-0.4, -0.2) is 0 Å². The molecule has 1 aliphatic carbocycles. The molecule has 2 aromatic carbocycles. The lowest BCUT2D eigenvalue weighted by Crippen LogP contribution is -1.96. The van der Waals surface area contributed by atoms with Crippen molar-refractivity contribution < 1.29 is 0 Å². The zero-order chi connectivity index (χ0) is 14.4. The fourth-order valence-electron chi connectivity index (χ4n) is 3.40. The van der Waals surface area contributed by atoms with Gasteiger partial charge in [-0.15, -0.1) is 0 Å². The molecule has 0 heterocycles. The average Bonchev–Trinajstić information content (AvgIpc) is 2.70. The number of aryl methyl sites for hydroxylation is 3. The third-order valence-corrected chi connectivity index (χ3v) is 4.66. The number of allylic oxidation sites excluding steroid dienone is 2. The molecular formula is C19H19Br. The molecule has 0 unspecified atom stereocenters. The van der Waals surface area contributed by atoms with Gasteiger partial charge in [-0.3, -0.25) is 0 Å². The Morgan fingerprint density at radius 3 is 2.10 bits per heavy atom. The van der Waals surface area contributed by atoms with Crippen LogP contribution in [0.2, 0.25) is 0 Å². The minimum Gasteiger partial charge on any atom is -0.0765 e. The third-order valence-electron chi connectivity index (χ3n) is 4.20. The standard InChI is InChI=1S/C19H19Br/c1-11-7-13(3)19(14(4)8-11)18-10-15(20)9-17-12(2)5-6-16(17)18/h5,7-10H,6H2,1-4H3. The lowest BCUT2D eigenvalue weighted by atomic mass is 9.89. The Morgan fingerprint density at radius 2 is 1.45 bits per heavy atom. The van der Waals surface area contributed by atoms with Gasteiger partial charge in [0, 0.05) is 4.47 Å². The van der Waals surface area contributed by atoms with E-state index in [9.17, 15) is 0 Å². The Kier molecular flexibility index (Phi) is 3.33. The Hall–Kier alpha value is -1.34. The van der Waals surface area contributed by atoms with E-state index in [4.69, 9.17) is 0 Å². The van der Waals surface area contributed by atoms with E-state index in [1.807, 2.05) is 0 Å². The van der Waals surface area contributed by atoms with Crippen LogP contribution in [0.1, 0.15) is 34.7 Å². The number of rotatable bonds is 1. The Labute approximate surface area is 129 Å². The van der Waals surface area contributed by atoms with Crippen molar-refractivity contribution in [3.05, 3.63) is 62.6 Å². The smallest absolute Gasteiger partial charge is 0.0187 e. The van der Waals surface area contributed by atoms with Gasteiger partial charge in [-0.2, -0.15) is 0 Å². The highest BCUT2D eigenvalue weighted by molar-refractivity contribution is 9.10. The van der Waals surface area contributed by atoms with E-state index in [0.717, 1.165) is 6.42 Å². The summed E-state index contributed by atoms with van der Waals surface area (Å²) in [7, 11) is 0. The van der Waals surface area contributed by atoms with Gasteiger partial charge in [0.05, 0.1) is 0 Å². The van der Waals surface area contributed by atoms with Gasteiger partial charge in [-0.05, 0) is 85.2 Å². The molecule has 0 saturated carbocycles. The van der Waals surface area contributed by atoms with Crippen molar-refractivity contribution in [2.45, 2.75) is 34.1 Å². The highest BCUT2D eigenvalue weighted by Crippen LogP contribution is 2.40. The van der Waals surface area contributed by atoms with Gasteiger partial charge in [0.2, 0.25) is 0 Å². The van der Waals surface area contributed by atoms with Crippen LogP contribution in [-0.2, 0) is 6.42 Å². The molecule has 0 radical (unpaired) electrons. The first-order chi connectivity index (χ1) is 9.47. The zero-order valence-corrected chi connectivity index (χ0v) is 14.1. The van der Waals surface area contributed by atoms with Gasteiger partial charge in [0.15, 0.2) is 0 Å². The third kappa shape index (κ3) is 2.14. The number of halogens is 1. The maximum absolute atomic E-state index is 3.68. The Morgan fingerprint density at radius 1 is 0.850 bits per heavy atom.